The van der Waals surface area contributed by atoms with Crippen molar-refractivity contribution in [1.82, 2.24) is 9.88 Å². The smallest absolute Gasteiger partial charge is 0.132 e. The number of fused-ring (bicyclic) bond motifs is 3. The number of nitrogens with zero attached hydrogens (tertiary/aromatic N) is 1. The minimum Gasteiger partial charge on any atom is -0.356 e. The van der Waals surface area contributed by atoms with Crippen molar-refractivity contribution in [3.8, 4) is 0 Å². The molecule has 3 aromatic rings. The lowest BCUT2D eigenvalue weighted by Gasteiger charge is -2.40. The van der Waals surface area contributed by atoms with Crippen LogP contribution in [0.1, 0.15) is 42.3 Å². The molecule has 0 amide bonds. The van der Waals surface area contributed by atoms with Gasteiger partial charge in [0.05, 0.1) is 6.04 Å². The Balaban J connectivity index is 2.03. The fourth-order valence-electron chi connectivity index (χ4n) is 4.35. The molecule has 0 saturated heterocycles. The van der Waals surface area contributed by atoms with Crippen LogP contribution in [-0.2, 0) is 6.42 Å². The second kappa shape index (κ2) is 6.16. The van der Waals surface area contributed by atoms with Crippen LogP contribution in [0.25, 0.3) is 10.9 Å². The van der Waals surface area contributed by atoms with Crippen LogP contribution in [0.4, 0.5) is 13.2 Å². The Labute approximate surface area is 150 Å². The van der Waals surface area contributed by atoms with Gasteiger partial charge in [0.25, 0.3) is 0 Å². The predicted octanol–water partition coefficient (Wildman–Crippen LogP) is 5.25. The van der Waals surface area contributed by atoms with E-state index in [1.54, 1.807) is 19.1 Å². The summed E-state index contributed by atoms with van der Waals surface area (Å²) in [5, 5.41) is 0.531. The Morgan fingerprint density at radius 2 is 1.81 bits per heavy atom. The minimum absolute atomic E-state index is 0.0252. The van der Waals surface area contributed by atoms with E-state index in [1.165, 1.54) is 18.2 Å². The number of aryl methyl sites for hydroxylation is 1. The molecule has 2 heterocycles. The molecule has 5 heteroatoms. The van der Waals surface area contributed by atoms with Crippen LogP contribution in [-0.4, -0.2) is 22.5 Å². The molecular weight excluding hydrogens is 337 g/mol. The summed E-state index contributed by atoms with van der Waals surface area (Å²) in [7, 11) is 0. The highest BCUT2D eigenvalue weighted by atomic mass is 19.1. The van der Waals surface area contributed by atoms with E-state index in [1.807, 2.05) is 13.8 Å². The van der Waals surface area contributed by atoms with Gasteiger partial charge < -0.3 is 4.98 Å². The Hall–Kier alpha value is -2.27. The van der Waals surface area contributed by atoms with Gasteiger partial charge in [-0.1, -0.05) is 13.0 Å². The lowest BCUT2D eigenvalue weighted by Crippen LogP contribution is -2.43. The van der Waals surface area contributed by atoms with Crippen LogP contribution < -0.4 is 0 Å². The highest BCUT2D eigenvalue weighted by Crippen LogP contribution is 2.42. The highest BCUT2D eigenvalue weighted by molar-refractivity contribution is 5.86. The number of hydrogen-bond donors (Lipinski definition) is 1. The van der Waals surface area contributed by atoms with E-state index in [0.29, 0.717) is 35.1 Å². The molecule has 2 aromatic carbocycles. The topological polar surface area (TPSA) is 19.0 Å². The highest BCUT2D eigenvalue weighted by Gasteiger charge is 2.38. The number of aromatic nitrogens is 1. The molecule has 0 radical (unpaired) electrons. The molecule has 0 spiro atoms. The maximum Gasteiger partial charge on any atom is 0.132 e. The summed E-state index contributed by atoms with van der Waals surface area (Å²) < 4.78 is 44.1. The summed E-state index contributed by atoms with van der Waals surface area (Å²) in [5.74, 6) is -1.43. The van der Waals surface area contributed by atoms with Gasteiger partial charge >= 0.3 is 0 Å². The molecule has 1 N–H and O–H groups in total. The number of hydrogen-bond acceptors (Lipinski definition) is 1. The van der Waals surface area contributed by atoms with Crippen molar-refractivity contribution in [2.45, 2.75) is 39.3 Å². The first kappa shape index (κ1) is 17.2. The lowest BCUT2D eigenvalue weighted by atomic mass is 9.88. The van der Waals surface area contributed by atoms with Gasteiger partial charge in [-0.15, -0.1) is 0 Å². The van der Waals surface area contributed by atoms with E-state index < -0.39 is 17.7 Å². The van der Waals surface area contributed by atoms with Crippen LogP contribution >= 0.6 is 0 Å². The van der Waals surface area contributed by atoms with Crippen LogP contribution in [0.2, 0.25) is 0 Å². The normalized spacial score (nSPS) is 20.5. The van der Waals surface area contributed by atoms with Crippen molar-refractivity contribution in [2.24, 2.45) is 0 Å². The van der Waals surface area contributed by atoms with E-state index in [9.17, 15) is 13.2 Å². The molecule has 0 saturated carbocycles. The number of H-pyrrole nitrogens is 1. The van der Waals surface area contributed by atoms with Crippen molar-refractivity contribution >= 4 is 10.9 Å². The van der Waals surface area contributed by atoms with Gasteiger partial charge in [0, 0.05) is 28.2 Å². The van der Waals surface area contributed by atoms with Gasteiger partial charge in [0.2, 0.25) is 0 Å². The third kappa shape index (κ3) is 2.45. The fraction of sp³-hybridized carbons (Fsp3) is 0.333. The zero-order chi connectivity index (χ0) is 18.6. The Morgan fingerprint density at radius 1 is 1.12 bits per heavy atom. The third-order valence-electron chi connectivity index (χ3n) is 5.44. The molecule has 2 nitrogen and oxygen atoms in total. The zero-order valence-corrected chi connectivity index (χ0v) is 15.0. The van der Waals surface area contributed by atoms with Crippen LogP contribution in [0.5, 0.6) is 0 Å². The average Bonchev–Trinajstić information content (AvgIpc) is 2.93. The molecule has 0 bridgehead atoms. The molecule has 0 fully saturated rings. The van der Waals surface area contributed by atoms with Crippen molar-refractivity contribution in [2.75, 3.05) is 6.54 Å². The first-order valence-electron chi connectivity index (χ1n) is 8.92. The number of nitrogens with one attached hydrogen (secondary N) is 1. The number of halogens is 3. The van der Waals surface area contributed by atoms with E-state index in [0.717, 1.165) is 5.56 Å². The molecule has 4 rings (SSSR count). The first-order chi connectivity index (χ1) is 12.4. The van der Waals surface area contributed by atoms with Crippen LogP contribution in [0, 0.1) is 24.4 Å². The number of benzene rings is 2. The molecule has 1 aliphatic rings. The van der Waals surface area contributed by atoms with Gasteiger partial charge in [0.1, 0.15) is 17.5 Å². The maximum atomic E-state index is 14.8. The summed E-state index contributed by atoms with van der Waals surface area (Å²) in [4.78, 5) is 5.31. The van der Waals surface area contributed by atoms with Gasteiger partial charge in [-0.3, -0.25) is 4.90 Å². The second-order valence-corrected chi connectivity index (χ2v) is 7.11. The van der Waals surface area contributed by atoms with Crippen molar-refractivity contribution < 1.29 is 13.2 Å². The van der Waals surface area contributed by atoms with Crippen LogP contribution in [0.3, 0.4) is 0 Å². The van der Waals surface area contributed by atoms with Gasteiger partial charge in [-0.2, -0.15) is 0 Å². The summed E-state index contributed by atoms with van der Waals surface area (Å²) >= 11 is 0. The molecule has 1 aromatic heterocycles. The molecule has 136 valence electrons. The summed E-state index contributed by atoms with van der Waals surface area (Å²) in [5.41, 5.74) is 2.74. The molecule has 2 atom stereocenters. The summed E-state index contributed by atoms with van der Waals surface area (Å²) in [6.07, 6.45) is 0.635. The zero-order valence-electron chi connectivity index (χ0n) is 15.0. The van der Waals surface area contributed by atoms with E-state index in [-0.39, 0.29) is 17.4 Å². The monoisotopic (exact) mass is 358 g/mol. The Morgan fingerprint density at radius 3 is 2.46 bits per heavy atom. The number of likely N-dealkylation sites (N-methyl/N-ethyl adjacent to an activating group) is 1. The number of rotatable bonds is 2. The minimum atomic E-state index is -0.605. The second-order valence-electron chi connectivity index (χ2n) is 7.11. The molecule has 26 heavy (non-hydrogen) atoms. The van der Waals surface area contributed by atoms with E-state index >= 15 is 0 Å². The number of aromatic amines is 1. The maximum absolute atomic E-state index is 14.8. The molecule has 2 unspecified atom stereocenters. The Bertz CT molecular complexity index is 969. The third-order valence-corrected chi connectivity index (χ3v) is 5.44. The SMILES string of the molecule is CCN1C(C)Cc2c([nH]c3cccc(F)c23)C1c1c(F)cc(C)cc1F. The predicted molar refractivity (Wildman–Crippen MR) is 96.7 cm³/mol. The summed E-state index contributed by atoms with van der Waals surface area (Å²) in [6, 6.07) is 7.01. The van der Waals surface area contributed by atoms with Crippen molar-refractivity contribution in [1.29, 1.82) is 0 Å². The van der Waals surface area contributed by atoms with E-state index in [4.69, 9.17) is 0 Å². The van der Waals surface area contributed by atoms with Gasteiger partial charge in [-0.25, -0.2) is 13.2 Å². The molecule has 1 aliphatic heterocycles. The molecule has 0 aliphatic carbocycles. The van der Waals surface area contributed by atoms with Gasteiger partial charge in [-0.05, 0) is 62.2 Å². The standard InChI is InChI=1S/C21H21F3N2/c1-4-26-12(3)10-13-18-14(22)6-5-7-17(18)25-20(13)21(26)19-15(23)8-11(2)9-16(19)24/h5-9,12,21,25H,4,10H2,1-3H3. The largest absolute Gasteiger partial charge is 0.356 e. The van der Waals surface area contributed by atoms with Crippen LogP contribution in [0.15, 0.2) is 30.3 Å². The summed E-state index contributed by atoms with van der Waals surface area (Å²) in [6.45, 7) is 6.29. The quantitative estimate of drug-likeness (QED) is 0.663. The first-order valence-corrected chi connectivity index (χ1v) is 8.92. The lowest BCUT2D eigenvalue weighted by molar-refractivity contribution is 0.152. The Kier molecular flexibility index (Phi) is 4.07. The van der Waals surface area contributed by atoms with Crippen molar-refractivity contribution in [3.05, 3.63) is 70.2 Å². The van der Waals surface area contributed by atoms with Gasteiger partial charge in [0.15, 0.2) is 0 Å². The van der Waals surface area contributed by atoms with E-state index in [2.05, 4.69) is 9.88 Å². The fourth-order valence-corrected chi connectivity index (χ4v) is 4.35. The average molecular weight is 358 g/mol. The molecular formula is C21H21F3N2. The van der Waals surface area contributed by atoms with Crippen molar-refractivity contribution in [3.63, 3.8) is 0 Å².